The normalized spacial score (nSPS) is 18.0. The highest BCUT2D eigenvalue weighted by Crippen LogP contribution is 2.58. The fraction of sp³-hybridized carbons (Fsp3) is 0.150. The van der Waals surface area contributed by atoms with E-state index in [0.29, 0.717) is 0 Å². The van der Waals surface area contributed by atoms with Crippen LogP contribution in [-0.2, 0) is 5.60 Å². The number of ether oxygens (including phenoxy) is 4. The summed E-state index contributed by atoms with van der Waals surface area (Å²) in [5, 5.41) is 4.49. The summed E-state index contributed by atoms with van der Waals surface area (Å²) in [5.74, 6) is 3.53. The highest BCUT2D eigenvalue weighted by atomic mass is 16.5. The molecule has 1 aliphatic heterocycles. The highest BCUT2D eigenvalue weighted by molar-refractivity contribution is 6.12. The third-order valence-corrected chi connectivity index (χ3v) is 9.42. The van der Waals surface area contributed by atoms with Gasteiger partial charge in [-0.1, -0.05) is 73.7 Å². The van der Waals surface area contributed by atoms with E-state index < -0.39 is 5.60 Å². The van der Waals surface area contributed by atoms with E-state index in [0.717, 1.165) is 55.8 Å². The summed E-state index contributed by atoms with van der Waals surface area (Å²) in [7, 11) is 5.13. The van der Waals surface area contributed by atoms with Crippen LogP contribution in [-0.4, -0.2) is 21.3 Å². The van der Waals surface area contributed by atoms with E-state index in [1.54, 1.807) is 21.3 Å². The Bertz CT molecular complexity index is 2110. The number of hydrogen-bond donors (Lipinski definition) is 0. The van der Waals surface area contributed by atoms with E-state index in [1.165, 1.54) is 27.6 Å². The van der Waals surface area contributed by atoms with Gasteiger partial charge in [0.25, 0.3) is 0 Å². The molecule has 6 aromatic rings. The van der Waals surface area contributed by atoms with Crippen LogP contribution in [0.1, 0.15) is 40.7 Å². The molecule has 4 heteroatoms. The van der Waals surface area contributed by atoms with Gasteiger partial charge in [0.2, 0.25) is 0 Å². The molecule has 0 aromatic heterocycles. The van der Waals surface area contributed by atoms with Crippen molar-refractivity contribution in [2.45, 2.75) is 18.4 Å². The second kappa shape index (κ2) is 9.92. The van der Waals surface area contributed by atoms with E-state index >= 15 is 0 Å². The van der Waals surface area contributed by atoms with Crippen LogP contribution < -0.4 is 18.9 Å². The molecule has 8 rings (SSSR count). The molecule has 2 aliphatic rings. The number of fused-ring (bicyclic) bond motifs is 10. The molecule has 0 radical (unpaired) electrons. The molecule has 6 aromatic carbocycles. The average Bonchev–Trinajstić information content (AvgIpc) is 3.39. The second-order valence-electron chi connectivity index (χ2n) is 11.5. The largest absolute Gasteiger partial charge is 0.497 e. The first-order valence-electron chi connectivity index (χ1n) is 14.9. The van der Waals surface area contributed by atoms with Gasteiger partial charge < -0.3 is 18.9 Å². The molecular formula is C40H32O4. The number of methoxy groups -OCH3 is 3. The number of hydrogen-bond acceptors (Lipinski definition) is 4. The molecule has 0 N–H and O–H groups in total. The first-order chi connectivity index (χ1) is 21.6. The maximum absolute atomic E-state index is 7.38. The Morgan fingerprint density at radius 3 is 2.02 bits per heavy atom. The van der Waals surface area contributed by atoms with Gasteiger partial charge in [-0.25, -0.2) is 0 Å². The topological polar surface area (TPSA) is 36.9 Å². The molecule has 4 nitrogen and oxygen atoms in total. The van der Waals surface area contributed by atoms with Crippen molar-refractivity contribution in [3.05, 3.63) is 137 Å². The predicted molar refractivity (Wildman–Crippen MR) is 177 cm³/mol. The molecule has 0 saturated carbocycles. The van der Waals surface area contributed by atoms with Crippen molar-refractivity contribution in [1.29, 1.82) is 0 Å². The van der Waals surface area contributed by atoms with Crippen molar-refractivity contribution in [1.82, 2.24) is 0 Å². The minimum absolute atomic E-state index is 0.173. The van der Waals surface area contributed by atoms with Crippen LogP contribution in [0.15, 0.2) is 109 Å². The van der Waals surface area contributed by atoms with E-state index in [1.807, 2.05) is 24.3 Å². The lowest BCUT2D eigenvalue weighted by molar-refractivity contribution is 0.163. The van der Waals surface area contributed by atoms with Crippen molar-refractivity contribution in [3.63, 3.8) is 0 Å². The SMILES string of the molecule is COc1ccc(C2(c3ccccc3)C=Cc3c4c(c5ccccc5c3O2)C(C)c2cc(OC)c3cc(OC)ccc3c2-4)cc1. The molecule has 1 heterocycles. The molecule has 0 saturated heterocycles. The van der Waals surface area contributed by atoms with E-state index in [-0.39, 0.29) is 5.92 Å². The molecule has 0 bridgehead atoms. The minimum atomic E-state index is -0.820. The summed E-state index contributed by atoms with van der Waals surface area (Å²) in [4.78, 5) is 0. The molecule has 0 amide bonds. The maximum atomic E-state index is 7.38. The number of rotatable bonds is 5. The fourth-order valence-corrected chi connectivity index (χ4v) is 7.30. The van der Waals surface area contributed by atoms with Gasteiger partial charge in [-0.3, -0.25) is 0 Å². The molecule has 0 fully saturated rings. The van der Waals surface area contributed by atoms with Crippen LogP contribution in [0, 0.1) is 0 Å². The molecule has 0 spiro atoms. The summed E-state index contributed by atoms with van der Waals surface area (Å²) < 4.78 is 24.4. The predicted octanol–water partition coefficient (Wildman–Crippen LogP) is 9.50. The van der Waals surface area contributed by atoms with Gasteiger partial charge in [0, 0.05) is 33.4 Å². The molecular weight excluding hydrogens is 544 g/mol. The molecule has 216 valence electrons. The smallest absolute Gasteiger partial charge is 0.178 e. The molecule has 44 heavy (non-hydrogen) atoms. The zero-order valence-corrected chi connectivity index (χ0v) is 25.2. The van der Waals surface area contributed by atoms with Crippen LogP contribution in [0.2, 0.25) is 0 Å². The lowest BCUT2D eigenvalue weighted by atomic mass is 9.81. The Labute approximate surface area is 257 Å². The van der Waals surface area contributed by atoms with Crippen LogP contribution in [0.3, 0.4) is 0 Å². The third kappa shape index (κ3) is 3.64. The second-order valence-corrected chi connectivity index (χ2v) is 11.5. The first kappa shape index (κ1) is 26.4. The summed E-state index contributed by atoms with van der Waals surface area (Å²) in [5.41, 5.74) is 7.43. The Morgan fingerprint density at radius 1 is 0.614 bits per heavy atom. The summed E-state index contributed by atoms with van der Waals surface area (Å²) in [6.07, 6.45) is 4.50. The van der Waals surface area contributed by atoms with Gasteiger partial charge in [0.1, 0.15) is 23.0 Å². The average molecular weight is 577 g/mol. The zero-order valence-electron chi connectivity index (χ0n) is 25.2. The monoisotopic (exact) mass is 576 g/mol. The van der Waals surface area contributed by atoms with E-state index in [4.69, 9.17) is 18.9 Å². The van der Waals surface area contributed by atoms with Crippen LogP contribution >= 0.6 is 0 Å². The van der Waals surface area contributed by atoms with Crippen LogP contribution in [0.4, 0.5) is 0 Å². The van der Waals surface area contributed by atoms with E-state index in [2.05, 4.69) is 97.9 Å². The Hall–Kier alpha value is -5.22. The van der Waals surface area contributed by atoms with Gasteiger partial charge in [-0.05, 0) is 81.6 Å². The van der Waals surface area contributed by atoms with E-state index in [9.17, 15) is 0 Å². The summed E-state index contributed by atoms with van der Waals surface area (Å²) in [6, 6.07) is 35.8. The Balaban J connectivity index is 1.45. The standard InChI is InChI=1S/C40H32O4/c1-24-33-23-35(43-4)34-22-28(42-3)18-19-30(34)37(33)38-32-20-21-40(25-10-6-5-7-11-25,26-14-16-27(41-2)17-15-26)44-39(32)31-13-9-8-12-29(31)36(24)38/h5-24H,1-4H3. The van der Waals surface area contributed by atoms with Gasteiger partial charge in [0.05, 0.1) is 21.3 Å². The van der Waals surface area contributed by atoms with Crippen molar-refractivity contribution in [2.75, 3.05) is 21.3 Å². The minimum Gasteiger partial charge on any atom is -0.497 e. The van der Waals surface area contributed by atoms with Crippen molar-refractivity contribution < 1.29 is 18.9 Å². The van der Waals surface area contributed by atoms with Gasteiger partial charge in [0.15, 0.2) is 5.60 Å². The fourth-order valence-electron chi connectivity index (χ4n) is 7.30. The lowest BCUT2D eigenvalue weighted by Gasteiger charge is -2.37. The van der Waals surface area contributed by atoms with Crippen molar-refractivity contribution >= 4 is 27.6 Å². The third-order valence-electron chi connectivity index (χ3n) is 9.42. The first-order valence-corrected chi connectivity index (χ1v) is 14.9. The molecule has 1 aliphatic carbocycles. The van der Waals surface area contributed by atoms with Crippen molar-refractivity contribution in [3.8, 4) is 34.1 Å². The van der Waals surface area contributed by atoms with Crippen LogP contribution in [0.25, 0.3) is 38.7 Å². The Morgan fingerprint density at radius 2 is 1.30 bits per heavy atom. The highest BCUT2D eigenvalue weighted by Gasteiger charge is 2.41. The van der Waals surface area contributed by atoms with Gasteiger partial charge in [-0.15, -0.1) is 0 Å². The maximum Gasteiger partial charge on any atom is 0.178 e. The lowest BCUT2D eigenvalue weighted by Crippen LogP contribution is -2.34. The summed E-state index contributed by atoms with van der Waals surface area (Å²) in [6.45, 7) is 2.30. The summed E-state index contributed by atoms with van der Waals surface area (Å²) >= 11 is 0. The van der Waals surface area contributed by atoms with Crippen molar-refractivity contribution in [2.24, 2.45) is 0 Å². The quantitative estimate of drug-likeness (QED) is 0.205. The zero-order chi connectivity index (χ0) is 30.0. The molecule has 2 atom stereocenters. The van der Waals surface area contributed by atoms with Gasteiger partial charge >= 0.3 is 0 Å². The number of benzene rings is 6. The molecule has 2 unspecified atom stereocenters. The Kier molecular flexibility index (Phi) is 5.95. The van der Waals surface area contributed by atoms with Gasteiger partial charge in [-0.2, -0.15) is 0 Å². The van der Waals surface area contributed by atoms with Crippen LogP contribution in [0.5, 0.6) is 23.0 Å².